The minimum absolute atomic E-state index is 0.186. The molecule has 0 heterocycles. The van der Waals surface area contributed by atoms with Crippen molar-refractivity contribution in [3.63, 3.8) is 0 Å². The van der Waals surface area contributed by atoms with E-state index in [0.29, 0.717) is 10.0 Å². The van der Waals surface area contributed by atoms with E-state index in [0.717, 1.165) is 23.0 Å². The lowest BCUT2D eigenvalue weighted by Gasteiger charge is -2.20. The zero-order valence-electron chi connectivity index (χ0n) is 11.2. The van der Waals surface area contributed by atoms with Crippen LogP contribution in [0.1, 0.15) is 24.1 Å². The standard InChI is InChI=1S/C16H16BrCl2N/c1-2-20-16(9-11-3-5-12(17)6-4-11)14-8-7-13(18)10-15(14)19/h3-8,10,16,20H,2,9H2,1H3. The van der Waals surface area contributed by atoms with Crippen LogP contribution in [0.25, 0.3) is 0 Å². The van der Waals surface area contributed by atoms with Crippen LogP contribution in [0.15, 0.2) is 46.9 Å². The van der Waals surface area contributed by atoms with Crippen molar-refractivity contribution in [2.24, 2.45) is 0 Å². The Kier molecular flexibility index (Phi) is 5.91. The largest absolute Gasteiger partial charge is 0.310 e. The lowest BCUT2D eigenvalue weighted by atomic mass is 9.99. The smallest absolute Gasteiger partial charge is 0.0468 e. The summed E-state index contributed by atoms with van der Waals surface area (Å²) in [5.41, 5.74) is 2.35. The summed E-state index contributed by atoms with van der Waals surface area (Å²) in [6.07, 6.45) is 0.891. The molecule has 0 aliphatic carbocycles. The second-order valence-corrected chi connectivity index (χ2v) is 6.37. The fraction of sp³-hybridized carbons (Fsp3) is 0.250. The van der Waals surface area contributed by atoms with E-state index < -0.39 is 0 Å². The molecular weight excluding hydrogens is 357 g/mol. The number of hydrogen-bond donors (Lipinski definition) is 1. The molecule has 20 heavy (non-hydrogen) atoms. The first-order chi connectivity index (χ1) is 9.60. The summed E-state index contributed by atoms with van der Waals surface area (Å²) in [6.45, 7) is 2.98. The van der Waals surface area contributed by atoms with Gasteiger partial charge in [-0.25, -0.2) is 0 Å². The highest BCUT2D eigenvalue weighted by Gasteiger charge is 2.14. The number of likely N-dealkylation sites (N-methyl/N-ethyl adjacent to an activating group) is 1. The summed E-state index contributed by atoms with van der Waals surface area (Å²) in [6, 6.07) is 14.2. The Bertz CT molecular complexity index is 569. The number of rotatable bonds is 5. The number of nitrogens with one attached hydrogen (secondary N) is 1. The Labute approximate surface area is 138 Å². The zero-order chi connectivity index (χ0) is 14.5. The van der Waals surface area contributed by atoms with E-state index in [2.05, 4.69) is 52.4 Å². The van der Waals surface area contributed by atoms with Crippen LogP contribution in [0.2, 0.25) is 10.0 Å². The van der Waals surface area contributed by atoms with Gasteiger partial charge in [0.1, 0.15) is 0 Å². The van der Waals surface area contributed by atoms with Gasteiger partial charge in [-0.15, -0.1) is 0 Å². The van der Waals surface area contributed by atoms with Crippen LogP contribution in [-0.4, -0.2) is 6.54 Å². The molecule has 0 aliphatic rings. The Morgan fingerprint density at radius 1 is 1.10 bits per heavy atom. The molecule has 0 amide bonds. The first-order valence-corrected chi connectivity index (χ1v) is 8.08. The molecule has 4 heteroatoms. The Morgan fingerprint density at radius 2 is 1.80 bits per heavy atom. The van der Waals surface area contributed by atoms with Gasteiger partial charge < -0.3 is 5.32 Å². The molecular formula is C16H16BrCl2N. The molecule has 1 N–H and O–H groups in total. The van der Waals surface area contributed by atoms with Crippen LogP contribution in [0, 0.1) is 0 Å². The maximum absolute atomic E-state index is 6.32. The molecule has 0 saturated heterocycles. The van der Waals surface area contributed by atoms with Gasteiger partial charge in [0.2, 0.25) is 0 Å². The molecule has 1 unspecified atom stereocenters. The lowest BCUT2D eigenvalue weighted by Crippen LogP contribution is -2.23. The average Bonchev–Trinajstić information content (AvgIpc) is 2.41. The van der Waals surface area contributed by atoms with Crippen LogP contribution in [0.5, 0.6) is 0 Å². The molecule has 1 atom stereocenters. The van der Waals surface area contributed by atoms with E-state index in [1.54, 1.807) is 6.07 Å². The van der Waals surface area contributed by atoms with Crippen LogP contribution in [-0.2, 0) is 6.42 Å². The monoisotopic (exact) mass is 371 g/mol. The molecule has 106 valence electrons. The highest BCUT2D eigenvalue weighted by molar-refractivity contribution is 9.10. The summed E-state index contributed by atoms with van der Waals surface area (Å²) >= 11 is 15.7. The van der Waals surface area contributed by atoms with Crippen LogP contribution < -0.4 is 5.32 Å². The first-order valence-electron chi connectivity index (χ1n) is 6.53. The minimum Gasteiger partial charge on any atom is -0.310 e. The van der Waals surface area contributed by atoms with E-state index in [-0.39, 0.29) is 6.04 Å². The van der Waals surface area contributed by atoms with Gasteiger partial charge in [-0.3, -0.25) is 0 Å². The lowest BCUT2D eigenvalue weighted by molar-refractivity contribution is 0.550. The predicted octanol–water partition coefficient (Wildman–Crippen LogP) is 5.65. The van der Waals surface area contributed by atoms with E-state index in [1.165, 1.54) is 5.56 Å². The second-order valence-electron chi connectivity index (χ2n) is 4.61. The van der Waals surface area contributed by atoms with E-state index in [1.807, 2.05) is 12.1 Å². The van der Waals surface area contributed by atoms with Gasteiger partial charge in [-0.2, -0.15) is 0 Å². The van der Waals surface area contributed by atoms with Crippen molar-refractivity contribution in [3.8, 4) is 0 Å². The summed E-state index contributed by atoms with van der Waals surface area (Å²) in [5, 5.41) is 4.86. The highest BCUT2D eigenvalue weighted by Crippen LogP contribution is 2.28. The molecule has 2 rings (SSSR count). The van der Waals surface area contributed by atoms with Gasteiger partial charge in [0.05, 0.1) is 0 Å². The Morgan fingerprint density at radius 3 is 2.40 bits per heavy atom. The molecule has 0 saturated carbocycles. The zero-order valence-corrected chi connectivity index (χ0v) is 14.3. The predicted molar refractivity (Wildman–Crippen MR) is 90.7 cm³/mol. The fourth-order valence-electron chi connectivity index (χ4n) is 2.18. The van der Waals surface area contributed by atoms with Crippen molar-refractivity contribution in [2.45, 2.75) is 19.4 Å². The Balaban J connectivity index is 2.24. The van der Waals surface area contributed by atoms with Gasteiger partial charge in [0.25, 0.3) is 0 Å². The summed E-state index contributed by atoms with van der Waals surface area (Å²) in [4.78, 5) is 0. The third-order valence-electron chi connectivity index (χ3n) is 3.14. The van der Waals surface area contributed by atoms with Crippen LogP contribution in [0.3, 0.4) is 0 Å². The summed E-state index contributed by atoms with van der Waals surface area (Å²) in [5.74, 6) is 0. The summed E-state index contributed by atoms with van der Waals surface area (Å²) < 4.78 is 1.09. The van der Waals surface area contributed by atoms with Crippen molar-refractivity contribution < 1.29 is 0 Å². The topological polar surface area (TPSA) is 12.0 Å². The van der Waals surface area contributed by atoms with Crippen molar-refractivity contribution in [1.29, 1.82) is 0 Å². The van der Waals surface area contributed by atoms with Crippen molar-refractivity contribution >= 4 is 39.1 Å². The van der Waals surface area contributed by atoms with Gasteiger partial charge in [-0.1, -0.05) is 64.3 Å². The minimum atomic E-state index is 0.186. The fourth-order valence-corrected chi connectivity index (χ4v) is 2.98. The van der Waals surface area contributed by atoms with E-state index in [9.17, 15) is 0 Å². The molecule has 0 aliphatic heterocycles. The van der Waals surface area contributed by atoms with Gasteiger partial charge in [-0.05, 0) is 48.4 Å². The number of halogens is 3. The third kappa shape index (κ3) is 4.23. The second kappa shape index (κ2) is 7.46. The van der Waals surface area contributed by atoms with E-state index in [4.69, 9.17) is 23.2 Å². The molecule has 0 bridgehead atoms. The maximum atomic E-state index is 6.32. The van der Waals surface area contributed by atoms with Crippen LogP contribution in [0.4, 0.5) is 0 Å². The van der Waals surface area contributed by atoms with Crippen LogP contribution >= 0.6 is 39.1 Å². The van der Waals surface area contributed by atoms with Gasteiger partial charge in [0, 0.05) is 20.6 Å². The molecule has 2 aromatic rings. The first kappa shape index (κ1) is 15.8. The summed E-state index contributed by atoms with van der Waals surface area (Å²) in [7, 11) is 0. The normalized spacial score (nSPS) is 12.4. The molecule has 0 spiro atoms. The number of hydrogen-bond acceptors (Lipinski definition) is 1. The highest BCUT2D eigenvalue weighted by atomic mass is 79.9. The van der Waals surface area contributed by atoms with Gasteiger partial charge >= 0.3 is 0 Å². The average molecular weight is 373 g/mol. The van der Waals surface area contributed by atoms with Crippen molar-refractivity contribution in [2.75, 3.05) is 6.54 Å². The van der Waals surface area contributed by atoms with E-state index >= 15 is 0 Å². The Hall–Kier alpha value is -0.540. The molecule has 2 aromatic carbocycles. The SMILES string of the molecule is CCNC(Cc1ccc(Br)cc1)c1ccc(Cl)cc1Cl. The third-order valence-corrected chi connectivity index (χ3v) is 4.23. The number of benzene rings is 2. The molecule has 0 fully saturated rings. The quantitative estimate of drug-likeness (QED) is 0.714. The molecule has 1 nitrogen and oxygen atoms in total. The van der Waals surface area contributed by atoms with Crippen molar-refractivity contribution in [3.05, 3.63) is 68.1 Å². The molecule has 0 aromatic heterocycles. The van der Waals surface area contributed by atoms with Crippen molar-refractivity contribution in [1.82, 2.24) is 5.32 Å². The molecule has 0 radical (unpaired) electrons. The van der Waals surface area contributed by atoms with Gasteiger partial charge in [0.15, 0.2) is 0 Å². The maximum Gasteiger partial charge on any atom is 0.0468 e.